The van der Waals surface area contributed by atoms with Gasteiger partial charge in [-0.2, -0.15) is 4.31 Å². The topological polar surface area (TPSA) is 82.9 Å². The van der Waals surface area contributed by atoms with Crippen LogP contribution in [0.2, 0.25) is 5.02 Å². The summed E-state index contributed by atoms with van der Waals surface area (Å²) in [6, 6.07) is 15.0. The van der Waals surface area contributed by atoms with E-state index in [1.165, 1.54) is 40.9 Å². The van der Waals surface area contributed by atoms with Crippen LogP contribution in [0.25, 0.3) is 4.85 Å². The van der Waals surface area contributed by atoms with E-state index in [0.29, 0.717) is 35.7 Å². The zero-order chi connectivity index (χ0) is 29.7. The van der Waals surface area contributed by atoms with E-state index in [4.69, 9.17) is 18.2 Å². The van der Waals surface area contributed by atoms with Crippen molar-refractivity contribution in [2.24, 2.45) is 0 Å². The van der Waals surface area contributed by atoms with E-state index >= 15 is 4.39 Å². The highest BCUT2D eigenvalue weighted by molar-refractivity contribution is 7.88. The first-order valence-electron chi connectivity index (χ1n) is 13.2. The van der Waals surface area contributed by atoms with Crippen molar-refractivity contribution in [2.45, 2.75) is 43.8 Å². The summed E-state index contributed by atoms with van der Waals surface area (Å²) in [7, 11) is -3.48. The Morgan fingerprint density at radius 2 is 1.80 bits per heavy atom. The van der Waals surface area contributed by atoms with E-state index in [1.807, 2.05) is 6.92 Å². The van der Waals surface area contributed by atoms with E-state index in [2.05, 4.69) is 15.5 Å². The van der Waals surface area contributed by atoms with Gasteiger partial charge >= 0.3 is 11.9 Å². The summed E-state index contributed by atoms with van der Waals surface area (Å²) >= 11 is 6.23. The first-order valence-corrected chi connectivity index (χ1v) is 15.4. The molecule has 3 aromatic carbocycles. The number of carbonyl (C=O) groups excluding carboxylic acids is 1. The van der Waals surface area contributed by atoms with Gasteiger partial charge < -0.3 is 10.6 Å². The van der Waals surface area contributed by atoms with Crippen LogP contribution < -0.4 is 10.6 Å². The van der Waals surface area contributed by atoms with Crippen molar-refractivity contribution in [1.82, 2.24) is 9.62 Å². The van der Waals surface area contributed by atoms with Crippen molar-refractivity contribution in [3.8, 4) is 6.57 Å². The maximum Gasteiger partial charge on any atom is 0.359 e. The third kappa shape index (κ3) is 7.29. The molecule has 0 radical (unpaired) electrons. The number of hydrogen-bond donors (Lipinski definition) is 2. The monoisotopic (exact) mass is 601 g/mol. The molecule has 1 fully saturated rings. The molecule has 1 aliphatic rings. The number of nitrogens with one attached hydrogen (secondary N) is 2. The van der Waals surface area contributed by atoms with Gasteiger partial charge in [0.2, 0.25) is 10.0 Å². The Morgan fingerprint density at radius 1 is 1.12 bits per heavy atom. The number of sulfonamides is 1. The molecule has 0 aromatic heterocycles. The lowest BCUT2D eigenvalue weighted by atomic mass is 9.84. The Balaban J connectivity index is 1.62. The van der Waals surface area contributed by atoms with Crippen LogP contribution in [0.3, 0.4) is 0 Å². The molecule has 216 valence electrons. The van der Waals surface area contributed by atoms with Crippen molar-refractivity contribution in [3.63, 3.8) is 0 Å². The molecule has 4 unspecified atom stereocenters. The standard InChI is InChI=1S/C30H31ClF2N4O3S/c1-19-17-35-18-24(37(19)41(3,39)40)13-14-25-26(33)11-6-12-27(25)36-30(38)29(34-2)28(20-7-4-9-22(31)15-20)21-8-5-10-23(32)16-21/h2,4-12,15-16,19,24,28-29,35H,13-14,17-18H2,1,3H3/p+1. The minimum absolute atomic E-state index is 0.166. The summed E-state index contributed by atoms with van der Waals surface area (Å²) in [6.45, 7) is 8.53. The van der Waals surface area contributed by atoms with Crippen molar-refractivity contribution >= 4 is 33.2 Å². The normalized spacial score (nSPS) is 19.2. The van der Waals surface area contributed by atoms with E-state index in [9.17, 15) is 17.6 Å². The largest absolute Gasteiger partial charge is 0.359 e. The molecule has 4 atom stereocenters. The molecule has 0 aliphatic carbocycles. The van der Waals surface area contributed by atoms with Gasteiger partial charge in [0.1, 0.15) is 11.6 Å². The van der Waals surface area contributed by atoms with Crippen LogP contribution in [0.1, 0.15) is 36.0 Å². The fourth-order valence-corrected chi connectivity index (χ4v) is 7.18. The highest BCUT2D eigenvalue weighted by Gasteiger charge is 2.40. The Kier molecular flexibility index (Phi) is 9.76. The number of halogens is 3. The minimum Gasteiger partial charge on any atom is -0.319 e. The van der Waals surface area contributed by atoms with Gasteiger partial charge in [-0.1, -0.05) is 46.8 Å². The number of carbonyl (C=O) groups is 1. The molecular formula is C30H32ClF2N4O3S+. The second kappa shape index (κ2) is 13.1. The van der Waals surface area contributed by atoms with Crippen LogP contribution in [-0.2, 0) is 21.2 Å². The Morgan fingerprint density at radius 3 is 2.46 bits per heavy atom. The third-order valence-electron chi connectivity index (χ3n) is 7.26. The zero-order valence-electron chi connectivity index (χ0n) is 22.7. The van der Waals surface area contributed by atoms with Crippen LogP contribution in [0.4, 0.5) is 14.5 Å². The first-order chi connectivity index (χ1) is 19.5. The fourth-order valence-electron chi connectivity index (χ4n) is 5.54. The molecule has 11 heteroatoms. The number of amides is 1. The number of benzene rings is 3. The Hall–Kier alpha value is -3.36. The van der Waals surface area contributed by atoms with Crippen LogP contribution in [0, 0.1) is 18.2 Å². The van der Waals surface area contributed by atoms with E-state index < -0.39 is 39.5 Å². The molecule has 1 amide bonds. The van der Waals surface area contributed by atoms with Crippen LogP contribution in [-0.4, -0.2) is 56.1 Å². The van der Waals surface area contributed by atoms with Gasteiger partial charge in [0.05, 0.1) is 12.2 Å². The van der Waals surface area contributed by atoms with Gasteiger partial charge in [-0.15, -0.1) is 0 Å². The van der Waals surface area contributed by atoms with Gasteiger partial charge in [0.25, 0.3) is 6.57 Å². The second-order valence-electron chi connectivity index (χ2n) is 10.2. The molecule has 1 heterocycles. The lowest BCUT2D eigenvalue weighted by Gasteiger charge is -2.39. The summed E-state index contributed by atoms with van der Waals surface area (Å²) in [5, 5.41) is 6.41. The summed E-state index contributed by atoms with van der Waals surface area (Å²) in [4.78, 5) is 17.5. The van der Waals surface area contributed by atoms with Crippen LogP contribution in [0.15, 0.2) is 66.7 Å². The average molecular weight is 602 g/mol. The van der Waals surface area contributed by atoms with Gasteiger partial charge in [-0.3, -0.25) is 4.79 Å². The molecule has 1 saturated heterocycles. The maximum absolute atomic E-state index is 15.1. The molecule has 2 N–H and O–H groups in total. The highest BCUT2D eigenvalue weighted by atomic mass is 35.5. The number of hydrogen-bond acceptors (Lipinski definition) is 4. The van der Waals surface area contributed by atoms with E-state index in [0.717, 1.165) is 0 Å². The number of anilines is 1. The van der Waals surface area contributed by atoms with Crippen molar-refractivity contribution < 1.29 is 22.0 Å². The molecule has 7 nitrogen and oxygen atoms in total. The second-order valence-corrected chi connectivity index (χ2v) is 12.6. The molecular weight excluding hydrogens is 570 g/mol. The van der Waals surface area contributed by atoms with Gasteiger partial charge in [-0.05, 0) is 67.3 Å². The van der Waals surface area contributed by atoms with Crippen molar-refractivity contribution in [3.05, 3.63) is 105 Å². The molecule has 3 aromatic rings. The smallest absolute Gasteiger partial charge is 0.319 e. The summed E-state index contributed by atoms with van der Waals surface area (Å²) in [5.74, 6) is -2.44. The summed E-state index contributed by atoms with van der Waals surface area (Å²) in [6.07, 6.45) is 1.66. The predicted octanol–water partition coefficient (Wildman–Crippen LogP) is 5.27. The Labute approximate surface area is 244 Å². The maximum atomic E-state index is 15.1. The van der Waals surface area contributed by atoms with Gasteiger partial charge in [-0.25, -0.2) is 17.2 Å². The van der Waals surface area contributed by atoms with Gasteiger partial charge in [0.15, 0.2) is 0 Å². The molecule has 4 rings (SSSR count). The van der Waals surface area contributed by atoms with E-state index in [1.54, 1.807) is 36.4 Å². The van der Waals surface area contributed by atoms with E-state index in [-0.39, 0.29) is 29.8 Å². The predicted molar refractivity (Wildman–Crippen MR) is 158 cm³/mol. The number of rotatable bonds is 9. The zero-order valence-corrected chi connectivity index (χ0v) is 24.3. The molecule has 0 spiro atoms. The number of piperazine rings is 1. The molecule has 0 bridgehead atoms. The molecule has 1 aliphatic heterocycles. The number of nitrogens with zero attached hydrogens (tertiary/aromatic N) is 2. The average Bonchev–Trinajstić information content (AvgIpc) is 2.90. The molecule has 41 heavy (non-hydrogen) atoms. The van der Waals surface area contributed by atoms with Crippen molar-refractivity contribution in [1.29, 1.82) is 0 Å². The van der Waals surface area contributed by atoms with Crippen molar-refractivity contribution in [2.75, 3.05) is 24.7 Å². The minimum atomic E-state index is -3.48. The molecule has 0 saturated carbocycles. The third-order valence-corrected chi connectivity index (χ3v) is 8.92. The Bertz CT molecular complexity index is 1520. The lowest BCUT2D eigenvalue weighted by molar-refractivity contribution is -0.116. The fraction of sp³-hybridized carbons (Fsp3) is 0.333. The lowest BCUT2D eigenvalue weighted by Crippen LogP contribution is -2.58. The SMILES string of the molecule is C#[N+]C(C(=O)Nc1cccc(F)c1CCC1CNCC(C)N1S(C)(=O)=O)C(c1cccc(F)c1)c1cccc(Cl)c1. The summed E-state index contributed by atoms with van der Waals surface area (Å²) < 4.78 is 55.7. The quantitative estimate of drug-likeness (QED) is 0.350. The van der Waals surface area contributed by atoms with Crippen LogP contribution in [0.5, 0.6) is 0 Å². The van der Waals surface area contributed by atoms with Gasteiger partial charge in [0, 0.05) is 41.4 Å². The first kappa shape index (κ1) is 30.6. The highest BCUT2D eigenvalue weighted by Crippen LogP contribution is 2.33. The van der Waals surface area contributed by atoms with Crippen LogP contribution >= 0.6 is 11.6 Å². The summed E-state index contributed by atoms with van der Waals surface area (Å²) in [5.41, 5.74) is 1.50.